The summed E-state index contributed by atoms with van der Waals surface area (Å²) < 4.78 is 6.92. The zero-order valence-corrected chi connectivity index (χ0v) is 15.6. The fourth-order valence-electron chi connectivity index (χ4n) is 4.94. The molecule has 3 saturated heterocycles. The Balaban J connectivity index is 1.44. The van der Waals surface area contributed by atoms with E-state index in [1.54, 1.807) is 11.3 Å². The highest BCUT2D eigenvalue weighted by atomic mass is 32.1. The first-order valence-corrected chi connectivity index (χ1v) is 10.1. The van der Waals surface area contributed by atoms with E-state index in [1.807, 2.05) is 6.07 Å². The van der Waals surface area contributed by atoms with E-state index in [-0.39, 0.29) is 17.5 Å². The molecule has 1 amide bonds. The lowest BCUT2D eigenvalue weighted by Crippen LogP contribution is -2.69. The zero-order valence-electron chi connectivity index (χ0n) is 14.8. The molecule has 0 aliphatic carbocycles. The summed E-state index contributed by atoms with van der Waals surface area (Å²) in [6.45, 7) is 7.62. The Morgan fingerprint density at radius 1 is 1.32 bits per heavy atom. The summed E-state index contributed by atoms with van der Waals surface area (Å²) in [5.74, 6) is 1.66. The number of amides is 1. The van der Waals surface area contributed by atoms with Crippen LogP contribution in [0.2, 0.25) is 0 Å². The van der Waals surface area contributed by atoms with Gasteiger partial charge in [0, 0.05) is 18.0 Å². The molecule has 4 nitrogen and oxygen atoms in total. The number of piperidine rings is 3. The first-order chi connectivity index (χ1) is 12.0. The lowest BCUT2D eigenvalue weighted by atomic mass is 9.72. The number of nitrogens with zero attached hydrogens (tertiary/aromatic N) is 1. The fourth-order valence-corrected chi connectivity index (χ4v) is 6.02. The third kappa shape index (κ3) is 2.32. The van der Waals surface area contributed by atoms with Crippen LogP contribution in [0.25, 0.3) is 10.1 Å². The summed E-state index contributed by atoms with van der Waals surface area (Å²) in [6.07, 6.45) is 3.36. The van der Waals surface area contributed by atoms with E-state index in [4.69, 9.17) is 4.74 Å². The number of fused-ring (bicyclic) bond motifs is 6. The van der Waals surface area contributed by atoms with Gasteiger partial charge < -0.3 is 10.1 Å². The number of hydrogen-bond donors (Lipinski definition) is 1. The Labute approximate surface area is 152 Å². The third-order valence-electron chi connectivity index (χ3n) is 6.44. The zero-order chi connectivity index (χ0) is 17.2. The number of rotatable bonds is 2. The smallest absolute Gasteiger partial charge is 0.261 e. The van der Waals surface area contributed by atoms with E-state index in [0.717, 1.165) is 46.8 Å². The van der Waals surface area contributed by atoms with Crippen LogP contribution in [0.1, 0.15) is 41.9 Å². The number of carbonyl (C=O) groups is 1. The van der Waals surface area contributed by atoms with Crippen LogP contribution in [0, 0.1) is 5.92 Å². The molecule has 3 fully saturated rings. The molecular formula is C20H24N2O2S. The minimum Gasteiger partial charge on any atom is -0.491 e. The SMILES string of the molecule is CC1(C)C(NC(=O)c2cc3ccc4c(c3s2)OCC4)C2CCN1CC2. The van der Waals surface area contributed by atoms with Gasteiger partial charge in [0.2, 0.25) is 0 Å². The molecule has 6 rings (SSSR count). The topological polar surface area (TPSA) is 41.6 Å². The van der Waals surface area contributed by atoms with Crippen molar-refractivity contribution >= 4 is 27.3 Å². The van der Waals surface area contributed by atoms with Crippen molar-refractivity contribution in [1.29, 1.82) is 0 Å². The van der Waals surface area contributed by atoms with Gasteiger partial charge in [-0.15, -0.1) is 11.3 Å². The van der Waals surface area contributed by atoms with Crippen molar-refractivity contribution in [3.05, 3.63) is 28.6 Å². The summed E-state index contributed by atoms with van der Waals surface area (Å²) in [4.78, 5) is 16.3. The van der Waals surface area contributed by atoms with E-state index in [9.17, 15) is 4.79 Å². The van der Waals surface area contributed by atoms with Crippen LogP contribution in [0.15, 0.2) is 18.2 Å². The van der Waals surface area contributed by atoms with Gasteiger partial charge in [-0.3, -0.25) is 9.69 Å². The minimum atomic E-state index is 0.0396. The third-order valence-corrected chi connectivity index (χ3v) is 7.59. The Hall–Kier alpha value is -1.59. The average Bonchev–Trinajstić information content (AvgIpc) is 3.23. The molecule has 4 aliphatic rings. The van der Waals surface area contributed by atoms with Gasteiger partial charge >= 0.3 is 0 Å². The summed E-state index contributed by atoms with van der Waals surface area (Å²) >= 11 is 1.57. The maximum absolute atomic E-state index is 13.0. The second-order valence-corrected chi connectivity index (χ2v) is 9.16. The number of ether oxygens (including phenoxy) is 1. The quantitative estimate of drug-likeness (QED) is 0.896. The van der Waals surface area contributed by atoms with Crippen molar-refractivity contribution in [3.63, 3.8) is 0 Å². The molecule has 25 heavy (non-hydrogen) atoms. The van der Waals surface area contributed by atoms with Crippen molar-refractivity contribution < 1.29 is 9.53 Å². The molecule has 0 saturated carbocycles. The number of hydrogen-bond acceptors (Lipinski definition) is 4. The summed E-state index contributed by atoms with van der Waals surface area (Å²) in [5, 5.41) is 4.49. The van der Waals surface area contributed by atoms with E-state index in [2.05, 4.69) is 36.2 Å². The molecule has 132 valence electrons. The van der Waals surface area contributed by atoms with Gasteiger partial charge in [-0.1, -0.05) is 12.1 Å². The van der Waals surface area contributed by atoms with Crippen molar-refractivity contribution in [2.45, 2.75) is 44.7 Å². The van der Waals surface area contributed by atoms with E-state index < -0.39 is 0 Å². The summed E-state index contributed by atoms with van der Waals surface area (Å²) in [5.41, 5.74) is 1.30. The molecule has 0 radical (unpaired) electrons. The molecule has 4 aliphatic heterocycles. The standard InChI is InChI=1S/C20H24N2O2S/c1-20(2)18(13-5-8-22(20)9-6-13)21-19(23)15-11-14-4-3-12-7-10-24-16(12)17(14)25-15/h3-4,11,13,18H,5-10H2,1-2H3,(H,21,23). The van der Waals surface area contributed by atoms with Crippen LogP contribution >= 0.6 is 11.3 Å². The van der Waals surface area contributed by atoms with Gasteiger partial charge in [-0.2, -0.15) is 0 Å². The largest absolute Gasteiger partial charge is 0.491 e. The van der Waals surface area contributed by atoms with E-state index >= 15 is 0 Å². The van der Waals surface area contributed by atoms with Gasteiger partial charge in [0.1, 0.15) is 5.75 Å². The van der Waals surface area contributed by atoms with E-state index in [1.165, 1.54) is 18.4 Å². The molecule has 5 heterocycles. The van der Waals surface area contributed by atoms with Gasteiger partial charge in [-0.05, 0) is 62.7 Å². The highest BCUT2D eigenvalue weighted by Crippen LogP contribution is 2.41. The van der Waals surface area contributed by atoms with Crippen LogP contribution in [0.3, 0.4) is 0 Å². The number of carbonyl (C=O) groups excluding carboxylic acids is 1. The summed E-state index contributed by atoms with van der Waals surface area (Å²) in [7, 11) is 0. The lowest BCUT2D eigenvalue weighted by Gasteiger charge is -2.56. The first kappa shape index (κ1) is 15.6. The number of nitrogens with one attached hydrogen (secondary N) is 1. The van der Waals surface area contributed by atoms with Gasteiger partial charge in [0.15, 0.2) is 0 Å². The Morgan fingerprint density at radius 3 is 2.88 bits per heavy atom. The fraction of sp³-hybridized carbons (Fsp3) is 0.550. The monoisotopic (exact) mass is 356 g/mol. The molecule has 1 N–H and O–H groups in total. The predicted octanol–water partition coefficient (Wildman–Crippen LogP) is 3.44. The second-order valence-electron chi connectivity index (χ2n) is 8.11. The van der Waals surface area contributed by atoms with Crippen molar-refractivity contribution in [3.8, 4) is 5.75 Å². The molecule has 0 spiro atoms. The normalized spacial score (nSPS) is 29.4. The predicted molar refractivity (Wildman–Crippen MR) is 101 cm³/mol. The molecule has 1 aromatic heterocycles. The van der Waals surface area contributed by atoms with Gasteiger partial charge in [-0.25, -0.2) is 0 Å². The van der Waals surface area contributed by atoms with Crippen molar-refractivity contribution in [2.24, 2.45) is 5.92 Å². The Bertz CT molecular complexity index is 849. The minimum absolute atomic E-state index is 0.0396. The van der Waals surface area contributed by atoms with Gasteiger partial charge in [0.25, 0.3) is 5.91 Å². The molecular weight excluding hydrogens is 332 g/mol. The molecule has 1 unspecified atom stereocenters. The maximum atomic E-state index is 13.0. The molecule has 1 atom stereocenters. The van der Waals surface area contributed by atoms with Crippen LogP contribution in [0.4, 0.5) is 0 Å². The molecule has 2 aromatic rings. The molecule has 5 heteroatoms. The highest BCUT2D eigenvalue weighted by molar-refractivity contribution is 7.21. The first-order valence-electron chi connectivity index (χ1n) is 9.28. The molecule has 2 bridgehead atoms. The van der Waals surface area contributed by atoms with Crippen molar-refractivity contribution in [1.82, 2.24) is 10.2 Å². The highest BCUT2D eigenvalue weighted by Gasteiger charge is 2.48. The van der Waals surface area contributed by atoms with Crippen LogP contribution < -0.4 is 10.1 Å². The van der Waals surface area contributed by atoms with Crippen molar-refractivity contribution in [2.75, 3.05) is 19.7 Å². The maximum Gasteiger partial charge on any atom is 0.261 e. The Morgan fingerprint density at radius 2 is 2.12 bits per heavy atom. The van der Waals surface area contributed by atoms with Crippen LogP contribution in [0.5, 0.6) is 5.75 Å². The summed E-state index contributed by atoms with van der Waals surface area (Å²) in [6, 6.07) is 6.50. The van der Waals surface area contributed by atoms with Crippen LogP contribution in [-0.2, 0) is 6.42 Å². The lowest BCUT2D eigenvalue weighted by molar-refractivity contribution is -0.0377. The van der Waals surface area contributed by atoms with Gasteiger partial charge in [0.05, 0.1) is 16.2 Å². The van der Waals surface area contributed by atoms with Crippen LogP contribution in [-0.4, -0.2) is 42.1 Å². The Kier molecular flexibility index (Phi) is 3.41. The number of thiophene rings is 1. The number of benzene rings is 1. The average molecular weight is 356 g/mol. The molecule has 1 aromatic carbocycles. The second kappa shape index (κ2) is 5.45. The van der Waals surface area contributed by atoms with E-state index in [0.29, 0.717) is 5.92 Å².